The summed E-state index contributed by atoms with van der Waals surface area (Å²) in [5.74, 6) is 1.50. The molecule has 3 rings (SSSR count). The van der Waals surface area contributed by atoms with Crippen LogP contribution in [0.4, 0.5) is 19.0 Å². The van der Waals surface area contributed by atoms with E-state index < -0.39 is 12.2 Å². The molecule has 134 valence electrons. The van der Waals surface area contributed by atoms with E-state index in [2.05, 4.69) is 9.97 Å². The second kappa shape index (κ2) is 7.39. The average molecular weight is 350 g/mol. The van der Waals surface area contributed by atoms with E-state index in [0.29, 0.717) is 32.6 Å². The van der Waals surface area contributed by atoms with Gasteiger partial charge in [-0.15, -0.1) is 0 Å². The number of alkyl halides is 3. The molecule has 1 unspecified atom stereocenters. The van der Waals surface area contributed by atoms with Gasteiger partial charge in [-0.1, -0.05) is 30.3 Å². The van der Waals surface area contributed by atoms with Crippen molar-refractivity contribution in [2.24, 2.45) is 0 Å². The Hall–Kier alpha value is -2.15. The van der Waals surface area contributed by atoms with Crippen molar-refractivity contribution in [2.45, 2.75) is 25.6 Å². The zero-order valence-electron chi connectivity index (χ0n) is 14.1. The molecule has 4 nitrogen and oxygen atoms in total. The highest BCUT2D eigenvalue weighted by atomic mass is 19.4. The fraction of sp³-hybridized carbons (Fsp3) is 0.444. The number of piperazine rings is 1. The van der Waals surface area contributed by atoms with Crippen LogP contribution in [0.1, 0.15) is 18.3 Å². The summed E-state index contributed by atoms with van der Waals surface area (Å²) in [7, 11) is 0. The topological polar surface area (TPSA) is 32.3 Å². The van der Waals surface area contributed by atoms with Gasteiger partial charge < -0.3 is 4.90 Å². The third-order valence-corrected chi connectivity index (χ3v) is 4.56. The number of benzene rings is 1. The van der Waals surface area contributed by atoms with Gasteiger partial charge >= 0.3 is 6.18 Å². The molecular formula is C18H21F3N4. The molecule has 25 heavy (non-hydrogen) atoms. The van der Waals surface area contributed by atoms with Crippen LogP contribution < -0.4 is 4.90 Å². The first-order valence-corrected chi connectivity index (χ1v) is 8.35. The van der Waals surface area contributed by atoms with Gasteiger partial charge in [0.15, 0.2) is 0 Å². The minimum atomic E-state index is -4.18. The third-order valence-electron chi connectivity index (χ3n) is 4.56. The first kappa shape index (κ1) is 17.7. The lowest BCUT2D eigenvalue weighted by molar-refractivity contribution is -0.179. The van der Waals surface area contributed by atoms with E-state index in [0.717, 1.165) is 17.2 Å². The van der Waals surface area contributed by atoms with E-state index in [9.17, 15) is 13.2 Å². The maximum Gasteiger partial charge on any atom is 0.403 e. The van der Waals surface area contributed by atoms with Crippen molar-refractivity contribution < 1.29 is 13.2 Å². The smallest absolute Gasteiger partial charge is 0.354 e. The normalized spacial score (nSPS) is 17.5. The molecule has 0 N–H and O–H groups in total. The van der Waals surface area contributed by atoms with Crippen LogP contribution in [0.25, 0.3) is 0 Å². The SMILES string of the molecule is CC(N1CCN(c2ccnc(Cc3ccccc3)n2)CC1)C(F)(F)F. The Morgan fingerprint density at radius 3 is 2.36 bits per heavy atom. The summed E-state index contributed by atoms with van der Waals surface area (Å²) in [5, 5.41) is 0. The van der Waals surface area contributed by atoms with Crippen LogP contribution in [0.2, 0.25) is 0 Å². The largest absolute Gasteiger partial charge is 0.403 e. The van der Waals surface area contributed by atoms with Crippen LogP contribution in [0, 0.1) is 0 Å². The predicted molar refractivity (Wildman–Crippen MR) is 90.6 cm³/mol. The fourth-order valence-electron chi connectivity index (χ4n) is 2.97. The highest BCUT2D eigenvalue weighted by Gasteiger charge is 2.40. The number of anilines is 1. The minimum Gasteiger partial charge on any atom is -0.354 e. The number of aromatic nitrogens is 2. The molecule has 1 saturated heterocycles. The van der Waals surface area contributed by atoms with Gasteiger partial charge in [-0.2, -0.15) is 13.2 Å². The lowest BCUT2D eigenvalue weighted by atomic mass is 10.1. The molecule has 1 aliphatic heterocycles. The number of halogens is 3. The first-order valence-electron chi connectivity index (χ1n) is 8.35. The molecular weight excluding hydrogens is 329 g/mol. The van der Waals surface area contributed by atoms with Crippen LogP contribution in [0.15, 0.2) is 42.6 Å². The number of hydrogen-bond donors (Lipinski definition) is 0. The number of rotatable bonds is 4. The summed E-state index contributed by atoms with van der Waals surface area (Å²) < 4.78 is 38.5. The molecule has 0 amide bonds. The Morgan fingerprint density at radius 2 is 1.72 bits per heavy atom. The maximum atomic E-state index is 12.8. The molecule has 0 bridgehead atoms. The van der Waals surface area contributed by atoms with Gasteiger partial charge in [0, 0.05) is 38.8 Å². The number of hydrogen-bond acceptors (Lipinski definition) is 4. The summed E-state index contributed by atoms with van der Waals surface area (Å²) in [5.41, 5.74) is 1.13. The van der Waals surface area contributed by atoms with Crippen molar-refractivity contribution >= 4 is 5.82 Å². The van der Waals surface area contributed by atoms with Crippen LogP contribution in [0.3, 0.4) is 0 Å². The zero-order valence-corrected chi connectivity index (χ0v) is 14.1. The van der Waals surface area contributed by atoms with Crippen LogP contribution in [0.5, 0.6) is 0 Å². The van der Waals surface area contributed by atoms with Crippen molar-refractivity contribution in [3.05, 3.63) is 54.0 Å². The van der Waals surface area contributed by atoms with E-state index >= 15 is 0 Å². The Morgan fingerprint density at radius 1 is 1.04 bits per heavy atom. The van der Waals surface area contributed by atoms with Gasteiger partial charge in [-0.3, -0.25) is 4.90 Å². The highest BCUT2D eigenvalue weighted by Crippen LogP contribution is 2.26. The quantitative estimate of drug-likeness (QED) is 0.848. The van der Waals surface area contributed by atoms with Gasteiger partial charge in [-0.25, -0.2) is 9.97 Å². The Kier molecular flexibility index (Phi) is 5.22. The van der Waals surface area contributed by atoms with Crippen LogP contribution in [-0.2, 0) is 6.42 Å². The van der Waals surface area contributed by atoms with Crippen molar-refractivity contribution in [3.63, 3.8) is 0 Å². The summed E-state index contributed by atoms with van der Waals surface area (Å²) in [4.78, 5) is 12.4. The zero-order chi connectivity index (χ0) is 17.9. The van der Waals surface area contributed by atoms with Gasteiger partial charge in [0.05, 0.1) is 0 Å². The second-order valence-electron chi connectivity index (χ2n) is 6.23. The molecule has 2 aromatic rings. The summed E-state index contributed by atoms with van der Waals surface area (Å²) >= 11 is 0. The molecule has 1 aromatic carbocycles. The van der Waals surface area contributed by atoms with Crippen LogP contribution in [-0.4, -0.2) is 53.3 Å². The monoisotopic (exact) mass is 350 g/mol. The Balaban J connectivity index is 1.63. The van der Waals surface area contributed by atoms with Gasteiger partial charge in [0.1, 0.15) is 17.7 Å². The van der Waals surface area contributed by atoms with Gasteiger partial charge in [0.2, 0.25) is 0 Å². The Labute approximate surface area is 145 Å². The van der Waals surface area contributed by atoms with Crippen molar-refractivity contribution in [2.75, 3.05) is 31.1 Å². The molecule has 7 heteroatoms. The average Bonchev–Trinajstić information content (AvgIpc) is 2.61. The van der Waals surface area contributed by atoms with E-state index in [1.165, 1.54) is 11.8 Å². The molecule has 1 atom stereocenters. The molecule has 1 aromatic heterocycles. The molecule has 2 heterocycles. The summed E-state index contributed by atoms with van der Waals surface area (Å²) in [6, 6.07) is 10.4. The molecule has 1 aliphatic rings. The van der Waals surface area contributed by atoms with Gasteiger partial charge in [0.25, 0.3) is 0 Å². The molecule has 0 spiro atoms. The van der Waals surface area contributed by atoms with Crippen molar-refractivity contribution in [1.29, 1.82) is 0 Å². The highest BCUT2D eigenvalue weighted by molar-refractivity contribution is 5.38. The second-order valence-corrected chi connectivity index (χ2v) is 6.23. The fourth-order valence-corrected chi connectivity index (χ4v) is 2.97. The predicted octanol–water partition coefficient (Wildman–Crippen LogP) is 3.14. The first-order chi connectivity index (χ1) is 11.9. The summed E-state index contributed by atoms with van der Waals surface area (Å²) in [6.45, 7) is 3.03. The molecule has 0 saturated carbocycles. The van der Waals surface area contributed by atoms with E-state index in [1.54, 1.807) is 6.20 Å². The number of nitrogens with zero attached hydrogens (tertiary/aromatic N) is 4. The van der Waals surface area contributed by atoms with Crippen LogP contribution >= 0.6 is 0 Å². The van der Waals surface area contributed by atoms with E-state index in [-0.39, 0.29) is 0 Å². The molecule has 1 fully saturated rings. The third kappa shape index (κ3) is 4.48. The lowest BCUT2D eigenvalue weighted by Crippen LogP contribution is -2.53. The maximum absolute atomic E-state index is 12.8. The lowest BCUT2D eigenvalue weighted by Gasteiger charge is -2.39. The van der Waals surface area contributed by atoms with E-state index in [1.807, 2.05) is 41.3 Å². The molecule has 0 aliphatic carbocycles. The van der Waals surface area contributed by atoms with Crippen molar-refractivity contribution in [3.8, 4) is 0 Å². The van der Waals surface area contributed by atoms with Gasteiger partial charge in [-0.05, 0) is 18.6 Å². The minimum absolute atomic E-state index is 0.374. The molecule has 0 radical (unpaired) electrons. The Bertz CT molecular complexity index is 682. The van der Waals surface area contributed by atoms with Crippen molar-refractivity contribution in [1.82, 2.24) is 14.9 Å². The van der Waals surface area contributed by atoms with E-state index in [4.69, 9.17) is 0 Å². The standard InChI is InChI=1S/C18H21F3N4/c1-14(18(19,20)21)24-9-11-25(12-10-24)17-7-8-22-16(23-17)13-15-5-3-2-4-6-15/h2-8,14H,9-13H2,1H3. The summed E-state index contributed by atoms with van der Waals surface area (Å²) in [6.07, 6.45) is -1.83.